The van der Waals surface area contributed by atoms with Crippen LogP contribution in [0, 0.1) is 0 Å². The molecule has 1 heterocycles. The molecule has 0 aromatic carbocycles. The zero-order valence-electron chi connectivity index (χ0n) is 15.8. The standard InChI is InChI=1S/C14H23N6O4.C2H4O2.Cu/c15-4-2-1-3-10(14(23)24)20-13(22)11(19-12(21)6-16)5-9-7-17-8-18-9;1-2(3)4;/h7-8,10-11,16H,1-6,15H2,(H,17,18)(H,19,21)(H,20,22)(H,23,24);1H3,(H,3,4);/q-1;;/p-3/t10-,11-;;/m0../s1. The maximum atomic E-state index is 12.2. The van der Waals surface area contributed by atoms with Crippen LogP contribution in [-0.2, 0) is 33.1 Å². The van der Waals surface area contributed by atoms with Crippen molar-refractivity contribution < 1.29 is 47.1 Å². The Morgan fingerprint density at radius 1 is 1.28 bits per heavy atom. The first-order chi connectivity index (χ1) is 13.2. The number of aromatic nitrogens is 2. The van der Waals surface area contributed by atoms with Gasteiger partial charge >= 0.3 is 0 Å². The molecule has 2 atom stereocenters. The molecule has 0 aliphatic heterocycles. The fourth-order valence-electron chi connectivity index (χ4n) is 1.97. The Hall–Kier alpha value is -2.47. The second kappa shape index (κ2) is 16.5. The number of carboxylic acid groups (broad SMARTS) is 2. The number of hydrogen-bond acceptors (Lipinski definition) is 9. The molecule has 1 radical (unpaired) electrons. The van der Waals surface area contributed by atoms with Gasteiger partial charge in [0.25, 0.3) is 5.97 Å². The van der Waals surface area contributed by atoms with Crippen LogP contribution in [0.5, 0.6) is 0 Å². The van der Waals surface area contributed by atoms with Crippen LogP contribution in [-0.4, -0.2) is 64.0 Å². The van der Waals surface area contributed by atoms with E-state index in [1.807, 2.05) is 0 Å². The van der Waals surface area contributed by atoms with Crippen molar-refractivity contribution in [1.29, 1.82) is 0 Å². The number of H-pyrrole nitrogens is 1. The van der Waals surface area contributed by atoms with E-state index in [1.165, 1.54) is 12.5 Å². The fraction of sp³-hybridized carbons (Fsp3) is 0.562. The molecule has 0 amide bonds. The number of aromatic amines is 1. The Kier molecular flexibility index (Phi) is 16.3. The van der Waals surface area contributed by atoms with Gasteiger partial charge in [-0.2, -0.15) is 0 Å². The van der Waals surface area contributed by atoms with Gasteiger partial charge in [-0.25, -0.2) is 4.98 Å². The molecule has 169 valence electrons. The molecule has 13 heteroatoms. The SMILES string of the molecule is CC(=O)O.[Cu].[NH-]CC([O-])=N[C@@H](Cc1cnc[nH]1)C([O-])=N[C@@H](CCCCN)C(=O)[O-]. The molecule has 0 saturated carbocycles. The Morgan fingerprint density at radius 2 is 1.90 bits per heavy atom. The predicted molar refractivity (Wildman–Crippen MR) is 95.1 cm³/mol. The van der Waals surface area contributed by atoms with E-state index in [4.69, 9.17) is 21.4 Å². The van der Waals surface area contributed by atoms with Crippen LogP contribution >= 0.6 is 0 Å². The third-order valence-electron chi connectivity index (χ3n) is 3.19. The molecule has 1 aromatic rings. The van der Waals surface area contributed by atoms with Gasteiger partial charge in [0.2, 0.25) is 0 Å². The normalized spacial score (nSPS) is 13.5. The molecule has 5 N–H and O–H groups in total. The van der Waals surface area contributed by atoms with Crippen molar-refractivity contribution in [1.82, 2.24) is 9.97 Å². The van der Waals surface area contributed by atoms with E-state index in [2.05, 4.69) is 20.0 Å². The summed E-state index contributed by atoms with van der Waals surface area (Å²) < 4.78 is 0. The molecule has 0 bridgehead atoms. The minimum Gasteiger partial charge on any atom is -0.863 e. The fourth-order valence-corrected chi connectivity index (χ4v) is 1.97. The van der Waals surface area contributed by atoms with E-state index in [9.17, 15) is 20.1 Å². The van der Waals surface area contributed by atoms with Crippen molar-refractivity contribution in [3.63, 3.8) is 0 Å². The van der Waals surface area contributed by atoms with Crippen LogP contribution in [0.3, 0.4) is 0 Å². The van der Waals surface area contributed by atoms with Crippen LogP contribution in [0.15, 0.2) is 22.5 Å². The summed E-state index contributed by atoms with van der Waals surface area (Å²) in [6.45, 7) is 0.886. The van der Waals surface area contributed by atoms with Crippen molar-refractivity contribution in [3.05, 3.63) is 24.0 Å². The van der Waals surface area contributed by atoms with Gasteiger partial charge in [0.15, 0.2) is 0 Å². The number of imidazole rings is 1. The van der Waals surface area contributed by atoms with E-state index in [0.29, 0.717) is 25.1 Å². The van der Waals surface area contributed by atoms with Gasteiger partial charge in [0, 0.05) is 42.3 Å². The van der Waals surface area contributed by atoms with Gasteiger partial charge in [-0.3, -0.25) is 14.8 Å². The van der Waals surface area contributed by atoms with Crippen molar-refractivity contribution in [2.45, 2.75) is 44.7 Å². The largest absolute Gasteiger partial charge is 0.863 e. The summed E-state index contributed by atoms with van der Waals surface area (Å²) in [4.78, 5) is 33.9. The molecule has 0 spiro atoms. The van der Waals surface area contributed by atoms with Gasteiger partial charge in [-0.05, 0) is 31.7 Å². The van der Waals surface area contributed by atoms with Crippen molar-refractivity contribution in [2.75, 3.05) is 13.1 Å². The maximum absolute atomic E-state index is 12.2. The second-order valence-electron chi connectivity index (χ2n) is 5.60. The molecule has 29 heavy (non-hydrogen) atoms. The number of nitrogens with one attached hydrogen (secondary N) is 2. The molecule has 1 rings (SSSR count). The van der Waals surface area contributed by atoms with Crippen LogP contribution < -0.4 is 21.1 Å². The predicted octanol–water partition coefficient (Wildman–Crippen LogP) is -2.77. The number of rotatable bonds is 11. The van der Waals surface area contributed by atoms with Crippen molar-refractivity contribution in [3.8, 4) is 0 Å². The number of carbonyl (C=O) groups excluding carboxylic acids is 1. The minimum absolute atomic E-state index is 0. The number of carbonyl (C=O) groups is 2. The molecular weight excluding hydrogens is 436 g/mol. The summed E-state index contributed by atoms with van der Waals surface area (Å²) in [6, 6.07) is -2.51. The molecule has 0 saturated heterocycles. The molecule has 0 fully saturated rings. The summed E-state index contributed by atoms with van der Waals surface area (Å²) in [5.74, 6) is -3.92. The zero-order valence-corrected chi connectivity index (χ0v) is 16.7. The average molecular weight is 460 g/mol. The maximum Gasteiger partial charge on any atom is 0.300 e. The number of hydrogen-bond donors (Lipinski definition) is 3. The van der Waals surface area contributed by atoms with Crippen LogP contribution in [0.25, 0.3) is 5.73 Å². The molecule has 0 aliphatic rings. The molecule has 1 aromatic heterocycles. The number of nitrogens with two attached hydrogens (primary N) is 1. The molecular formula is C16H24CuN6O6-4. The van der Waals surface area contributed by atoms with Gasteiger partial charge in [0.05, 0.1) is 24.4 Å². The van der Waals surface area contributed by atoms with Crippen molar-refractivity contribution in [2.24, 2.45) is 15.7 Å². The van der Waals surface area contributed by atoms with Gasteiger partial charge < -0.3 is 41.7 Å². The Morgan fingerprint density at radius 3 is 2.34 bits per heavy atom. The Labute approximate surface area is 178 Å². The van der Waals surface area contributed by atoms with Gasteiger partial charge in [0.1, 0.15) is 0 Å². The first-order valence-corrected chi connectivity index (χ1v) is 8.41. The Balaban J connectivity index is 0. The smallest absolute Gasteiger partial charge is 0.300 e. The number of unbranched alkanes of at least 4 members (excludes halogenated alkanes) is 1. The minimum atomic E-state index is -1.47. The number of nitrogens with zero attached hydrogens (tertiary/aromatic N) is 3. The van der Waals surface area contributed by atoms with Crippen LogP contribution in [0.2, 0.25) is 0 Å². The molecule has 0 unspecified atom stereocenters. The monoisotopic (exact) mass is 459 g/mol. The van der Waals surface area contributed by atoms with Crippen LogP contribution in [0.1, 0.15) is 31.9 Å². The van der Waals surface area contributed by atoms with E-state index in [-0.39, 0.29) is 29.9 Å². The summed E-state index contributed by atoms with van der Waals surface area (Å²) in [5.41, 5.74) is 12.9. The quantitative estimate of drug-likeness (QED) is 0.135. The molecule has 0 aliphatic carbocycles. The summed E-state index contributed by atoms with van der Waals surface area (Å²) in [7, 11) is 0. The van der Waals surface area contributed by atoms with E-state index >= 15 is 0 Å². The number of aliphatic carboxylic acids is 2. The van der Waals surface area contributed by atoms with E-state index < -0.39 is 42.4 Å². The summed E-state index contributed by atoms with van der Waals surface area (Å²) in [6.07, 6.45) is 4.08. The first-order valence-electron chi connectivity index (χ1n) is 8.41. The Bertz CT molecular complexity index is 648. The zero-order chi connectivity index (χ0) is 21.5. The third kappa shape index (κ3) is 14.2. The van der Waals surface area contributed by atoms with Crippen LogP contribution in [0.4, 0.5) is 0 Å². The topological polar surface area (TPSA) is 227 Å². The second-order valence-corrected chi connectivity index (χ2v) is 5.60. The van der Waals surface area contributed by atoms with Gasteiger partial charge in [-0.1, -0.05) is 5.90 Å². The summed E-state index contributed by atoms with van der Waals surface area (Å²) >= 11 is 0. The number of aliphatic imine (C=N–C) groups is 2. The third-order valence-corrected chi connectivity index (χ3v) is 3.19. The first kappa shape index (κ1) is 28.7. The molecule has 12 nitrogen and oxygen atoms in total. The average Bonchev–Trinajstić information content (AvgIpc) is 3.12. The van der Waals surface area contributed by atoms with Crippen molar-refractivity contribution >= 4 is 23.7 Å². The van der Waals surface area contributed by atoms with Gasteiger partial charge in [-0.15, -0.1) is 6.54 Å². The van der Waals surface area contributed by atoms with E-state index in [0.717, 1.165) is 6.92 Å². The summed E-state index contributed by atoms with van der Waals surface area (Å²) in [5, 5.41) is 42.1. The number of carboxylic acids is 2. The van der Waals surface area contributed by atoms with E-state index in [1.54, 1.807) is 0 Å².